The zero-order valence-corrected chi connectivity index (χ0v) is 10.4. The van der Waals surface area contributed by atoms with E-state index in [1.165, 1.54) is 24.3 Å². The van der Waals surface area contributed by atoms with Crippen LogP contribution in [0.25, 0.3) is 16.7 Å². The van der Waals surface area contributed by atoms with Crippen molar-refractivity contribution in [1.29, 1.82) is 0 Å². The summed E-state index contributed by atoms with van der Waals surface area (Å²) in [5.74, 6) is -0.583. The zero-order chi connectivity index (χ0) is 15.2. The van der Waals surface area contributed by atoms with E-state index in [0.717, 1.165) is 22.8 Å². The fourth-order valence-corrected chi connectivity index (χ4v) is 2.23. The Kier molecular flexibility index (Phi) is 2.86. The van der Waals surface area contributed by atoms with Crippen molar-refractivity contribution in [2.75, 3.05) is 0 Å². The summed E-state index contributed by atoms with van der Waals surface area (Å²) in [6.07, 6.45) is -4.60. The molecule has 1 N–H and O–H groups in total. The fourth-order valence-electron chi connectivity index (χ4n) is 2.23. The van der Waals surface area contributed by atoms with Crippen molar-refractivity contribution >= 4 is 11.0 Å². The van der Waals surface area contributed by atoms with Gasteiger partial charge in [0, 0.05) is 0 Å². The maximum absolute atomic E-state index is 13.1. The smallest absolute Gasteiger partial charge is 0.305 e. The summed E-state index contributed by atoms with van der Waals surface area (Å²) in [6, 6.07) is 8.14. The Morgan fingerprint density at radius 1 is 1.05 bits per heavy atom. The second-order valence-electron chi connectivity index (χ2n) is 4.44. The van der Waals surface area contributed by atoms with E-state index in [1.54, 1.807) is 0 Å². The molecule has 1 aromatic heterocycles. The number of halogens is 4. The molecule has 0 fully saturated rings. The third kappa shape index (κ3) is 2.20. The minimum Gasteiger partial charge on any atom is -0.305 e. The summed E-state index contributed by atoms with van der Waals surface area (Å²) in [5.41, 5.74) is -1.67. The molecule has 7 heteroatoms. The zero-order valence-electron chi connectivity index (χ0n) is 10.4. The molecule has 0 saturated heterocycles. The van der Waals surface area contributed by atoms with Crippen molar-refractivity contribution in [3.63, 3.8) is 0 Å². The lowest BCUT2D eigenvalue weighted by atomic mass is 10.1. The van der Waals surface area contributed by atoms with Crippen LogP contribution in [0, 0.1) is 5.82 Å². The van der Waals surface area contributed by atoms with E-state index >= 15 is 0 Å². The van der Waals surface area contributed by atoms with Gasteiger partial charge in [0.15, 0.2) is 0 Å². The number of nitrogens with zero attached hydrogens (tertiary/aromatic N) is 1. The number of fused-ring (bicyclic) bond motifs is 1. The third-order valence-corrected chi connectivity index (χ3v) is 3.09. The molecule has 3 rings (SSSR count). The second-order valence-corrected chi connectivity index (χ2v) is 4.44. The number of hydrogen-bond donors (Lipinski definition) is 1. The van der Waals surface area contributed by atoms with Gasteiger partial charge < -0.3 is 4.98 Å². The molecule has 21 heavy (non-hydrogen) atoms. The fraction of sp³-hybridized carbons (Fsp3) is 0.0714. The summed E-state index contributed by atoms with van der Waals surface area (Å²) in [7, 11) is 0. The average Bonchev–Trinajstić information content (AvgIpc) is 2.72. The Hall–Kier alpha value is -2.57. The van der Waals surface area contributed by atoms with Crippen LogP contribution in [-0.2, 0) is 6.18 Å². The summed E-state index contributed by atoms with van der Waals surface area (Å²) in [5, 5.41) is 0. The number of H-pyrrole nitrogens is 1. The Morgan fingerprint density at radius 2 is 1.76 bits per heavy atom. The quantitative estimate of drug-likeness (QED) is 0.686. The van der Waals surface area contributed by atoms with Crippen LogP contribution in [-0.4, -0.2) is 9.55 Å². The number of para-hydroxylation sites is 1. The van der Waals surface area contributed by atoms with Crippen LogP contribution in [0.3, 0.4) is 0 Å². The highest BCUT2D eigenvalue weighted by Crippen LogP contribution is 2.34. The van der Waals surface area contributed by atoms with Gasteiger partial charge in [0.1, 0.15) is 5.82 Å². The molecule has 0 atom stereocenters. The molecule has 0 radical (unpaired) electrons. The van der Waals surface area contributed by atoms with Gasteiger partial charge in [0.25, 0.3) is 0 Å². The summed E-state index contributed by atoms with van der Waals surface area (Å²) in [4.78, 5) is 14.3. The van der Waals surface area contributed by atoms with E-state index in [0.29, 0.717) is 0 Å². The highest BCUT2D eigenvalue weighted by atomic mass is 19.4. The summed E-state index contributed by atoms with van der Waals surface area (Å²) >= 11 is 0. The van der Waals surface area contributed by atoms with Gasteiger partial charge in [-0.05, 0) is 30.3 Å². The van der Waals surface area contributed by atoms with E-state index in [1.807, 2.05) is 0 Å². The van der Waals surface area contributed by atoms with Crippen LogP contribution >= 0.6 is 0 Å². The molecule has 1 heterocycles. The number of hydrogen-bond acceptors (Lipinski definition) is 1. The first-order valence-corrected chi connectivity index (χ1v) is 5.95. The van der Waals surface area contributed by atoms with Gasteiger partial charge in [0.2, 0.25) is 0 Å². The topological polar surface area (TPSA) is 37.8 Å². The molecule has 0 spiro atoms. The van der Waals surface area contributed by atoms with E-state index in [4.69, 9.17) is 0 Å². The second kappa shape index (κ2) is 4.47. The lowest BCUT2D eigenvalue weighted by molar-refractivity contribution is -0.137. The number of benzene rings is 2. The predicted octanol–water partition coefficient (Wildman–Crippen LogP) is 3.48. The molecule has 3 nitrogen and oxygen atoms in total. The highest BCUT2D eigenvalue weighted by molar-refractivity contribution is 5.77. The first-order valence-electron chi connectivity index (χ1n) is 5.95. The number of alkyl halides is 3. The maximum Gasteiger partial charge on any atom is 0.418 e. The largest absolute Gasteiger partial charge is 0.418 e. The third-order valence-electron chi connectivity index (χ3n) is 3.09. The van der Waals surface area contributed by atoms with Crippen LogP contribution in [0.5, 0.6) is 0 Å². The van der Waals surface area contributed by atoms with Crippen LogP contribution in [0.2, 0.25) is 0 Å². The molecule has 2 aromatic carbocycles. The molecule has 0 aliphatic carbocycles. The van der Waals surface area contributed by atoms with Gasteiger partial charge in [0.05, 0.1) is 22.3 Å². The van der Waals surface area contributed by atoms with Crippen LogP contribution in [0.4, 0.5) is 17.6 Å². The summed E-state index contributed by atoms with van der Waals surface area (Å²) < 4.78 is 53.2. The minimum atomic E-state index is -4.60. The molecular formula is C14H8F4N2O. The first kappa shape index (κ1) is 13.4. The van der Waals surface area contributed by atoms with Gasteiger partial charge >= 0.3 is 11.9 Å². The van der Waals surface area contributed by atoms with Crippen molar-refractivity contribution in [3.05, 3.63) is 64.3 Å². The lowest BCUT2D eigenvalue weighted by Crippen LogP contribution is -2.19. The first-order chi connectivity index (χ1) is 9.88. The van der Waals surface area contributed by atoms with Gasteiger partial charge in [-0.2, -0.15) is 13.2 Å². The molecule has 3 aromatic rings. The number of imidazole rings is 1. The molecular weight excluding hydrogens is 288 g/mol. The van der Waals surface area contributed by atoms with Crippen LogP contribution in [0.15, 0.2) is 47.3 Å². The van der Waals surface area contributed by atoms with Gasteiger partial charge in [-0.1, -0.05) is 12.1 Å². The van der Waals surface area contributed by atoms with Gasteiger partial charge in [-0.25, -0.2) is 9.18 Å². The van der Waals surface area contributed by atoms with Crippen LogP contribution in [0.1, 0.15) is 5.56 Å². The molecule has 0 amide bonds. The summed E-state index contributed by atoms with van der Waals surface area (Å²) in [6.45, 7) is 0. The van der Waals surface area contributed by atoms with Gasteiger partial charge in [-0.15, -0.1) is 0 Å². The van der Waals surface area contributed by atoms with Crippen molar-refractivity contribution in [2.45, 2.75) is 6.18 Å². The molecule has 0 aliphatic rings. The molecule has 0 unspecified atom stereocenters. The number of nitrogens with one attached hydrogen (secondary N) is 1. The van der Waals surface area contributed by atoms with Crippen molar-refractivity contribution < 1.29 is 17.6 Å². The Labute approximate surface area is 115 Å². The number of aromatic nitrogens is 2. The normalized spacial score (nSPS) is 12.0. The molecule has 108 valence electrons. The van der Waals surface area contributed by atoms with E-state index in [-0.39, 0.29) is 16.7 Å². The van der Waals surface area contributed by atoms with Crippen molar-refractivity contribution in [1.82, 2.24) is 9.55 Å². The highest BCUT2D eigenvalue weighted by Gasteiger charge is 2.34. The number of rotatable bonds is 1. The molecule has 0 saturated carbocycles. The average molecular weight is 296 g/mol. The predicted molar refractivity (Wildman–Crippen MR) is 68.9 cm³/mol. The monoisotopic (exact) mass is 296 g/mol. The van der Waals surface area contributed by atoms with Gasteiger partial charge in [-0.3, -0.25) is 4.57 Å². The standard InChI is InChI=1S/C14H8F4N2O/c15-8-5-6-12-10(7-8)19-13(21)20(12)11-4-2-1-3-9(11)14(16,17)18/h1-7H,(H,19,21). The molecule has 0 bridgehead atoms. The molecule has 0 aliphatic heterocycles. The lowest BCUT2D eigenvalue weighted by Gasteiger charge is -2.13. The maximum atomic E-state index is 13.1. The van der Waals surface area contributed by atoms with E-state index < -0.39 is 23.2 Å². The van der Waals surface area contributed by atoms with E-state index in [2.05, 4.69) is 4.98 Å². The van der Waals surface area contributed by atoms with E-state index in [9.17, 15) is 22.4 Å². The Morgan fingerprint density at radius 3 is 2.48 bits per heavy atom. The Balaban J connectivity index is 2.37. The SMILES string of the molecule is O=c1[nH]c2cc(F)ccc2n1-c1ccccc1C(F)(F)F. The van der Waals surface area contributed by atoms with Crippen molar-refractivity contribution in [2.24, 2.45) is 0 Å². The number of aromatic amines is 1. The van der Waals surface area contributed by atoms with Crippen LogP contribution < -0.4 is 5.69 Å². The minimum absolute atomic E-state index is 0.136. The Bertz CT molecular complexity index is 877. The van der Waals surface area contributed by atoms with Crippen molar-refractivity contribution in [3.8, 4) is 5.69 Å².